The van der Waals surface area contributed by atoms with Crippen molar-refractivity contribution in [1.29, 1.82) is 0 Å². The highest BCUT2D eigenvalue weighted by molar-refractivity contribution is 5.92. The smallest absolute Gasteiger partial charge is 0.248 e. The summed E-state index contributed by atoms with van der Waals surface area (Å²) in [5, 5.41) is 0. The summed E-state index contributed by atoms with van der Waals surface area (Å²) in [6.45, 7) is 1.64. The number of hydrogen-bond donors (Lipinski definition) is 2. The number of primary amides is 1. The maximum absolute atomic E-state index is 13.1. The standard InChI is InChI=1S/C9H11FN2O/c1-5(11)7-4-6(9(12)13)2-3-8(7)10/h2-5H,11H2,1H3,(H2,12,13)/t5-/m1/s1. The summed E-state index contributed by atoms with van der Waals surface area (Å²) in [7, 11) is 0. The van der Waals surface area contributed by atoms with Crippen LogP contribution in [0.2, 0.25) is 0 Å². The fourth-order valence-corrected chi connectivity index (χ4v) is 1.05. The van der Waals surface area contributed by atoms with Crippen LogP contribution in [-0.4, -0.2) is 5.91 Å². The average Bonchev–Trinajstić information content (AvgIpc) is 2.04. The zero-order chi connectivity index (χ0) is 10.0. The predicted octanol–water partition coefficient (Wildman–Crippen LogP) is 0.944. The summed E-state index contributed by atoms with van der Waals surface area (Å²) in [5.41, 5.74) is 11.1. The number of benzene rings is 1. The molecule has 0 unspecified atom stereocenters. The molecular weight excluding hydrogens is 171 g/mol. The van der Waals surface area contributed by atoms with Crippen LogP contribution in [0.15, 0.2) is 18.2 Å². The van der Waals surface area contributed by atoms with Crippen molar-refractivity contribution in [1.82, 2.24) is 0 Å². The molecule has 1 rings (SSSR count). The van der Waals surface area contributed by atoms with Crippen molar-refractivity contribution in [2.24, 2.45) is 11.5 Å². The van der Waals surface area contributed by atoms with Gasteiger partial charge >= 0.3 is 0 Å². The number of hydrogen-bond acceptors (Lipinski definition) is 2. The lowest BCUT2D eigenvalue weighted by atomic mass is 10.0. The summed E-state index contributed by atoms with van der Waals surface area (Å²) >= 11 is 0. The Kier molecular flexibility index (Phi) is 2.63. The third-order valence-corrected chi connectivity index (χ3v) is 1.77. The summed E-state index contributed by atoms with van der Waals surface area (Å²) < 4.78 is 13.1. The summed E-state index contributed by atoms with van der Waals surface area (Å²) in [5.74, 6) is -0.998. The van der Waals surface area contributed by atoms with Crippen LogP contribution in [0, 0.1) is 5.82 Å². The quantitative estimate of drug-likeness (QED) is 0.714. The second-order valence-electron chi connectivity index (χ2n) is 2.89. The van der Waals surface area contributed by atoms with Gasteiger partial charge in [-0.05, 0) is 25.1 Å². The van der Waals surface area contributed by atoms with Crippen molar-refractivity contribution in [2.45, 2.75) is 13.0 Å². The third kappa shape index (κ3) is 2.03. The number of rotatable bonds is 2. The van der Waals surface area contributed by atoms with Gasteiger partial charge in [0.1, 0.15) is 5.82 Å². The number of carbonyl (C=O) groups excluding carboxylic acids is 1. The monoisotopic (exact) mass is 182 g/mol. The van der Waals surface area contributed by atoms with Crippen LogP contribution >= 0.6 is 0 Å². The molecule has 0 bridgehead atoms. The van der Waals surface area contributed by atoms with Gasteiger partial charge in [0.15, 0.2) is 0 Å². The molecule has 0 spiro atoms. The van der Waals surface area contributed by atoms with Crippen molar-refractivity contribution in [3.8, 4) is 0 Å². The topological polar surface area (TPSA) is 69.1 Å². The number of halogens is 1. The molecule has 0 aliphatic rings. The van der Waals surface area contributed by atoms with Crippen molar-refractivity contribution in [2.75, 3.05) is 0 Å². The Hall–Kier alpha value is -1.42. The molecule has 1 aromatic rings. The van der Waals surface area contributed by atoms with Crippen molar-refractivity contribution < 1.29 is 9.18 Å². The predicted molar refractivity (Wildman–Crippen MR) is 47.5 cm³/mol. The molecule has 1 aromatic carbocycles. The SMILES string of the molecule is C[C@@H](N)c1cc(C(N)=O)ccc1F. The second kappa shape index (κ2) is 3.53. The van der Waals surface area contributed by atoms with Crippen LogP contribution in [0.5, 0.6) is 0 Å². The van der Waals surface area contributed by atoms with E-state index in [0.29, 0.717) is 5.56 Å². The third-order valence-electron chi connectivity index (χ3n) is 1.77. The molecule has 13 heavy (non-hydrogen) atoms. The van der Waals surface area contributed by atoms with E-state index in [-0.39, 0.29) is 5.56 Å². The maximum atomic E-state index is 13.1. The highest BCUT2D eigenvalue weighted by Gasteiger charge is 2.09. The number of nitrogens with two attached hydrogens (primary N) is 2. The second-order valence-corrected chi connectivity index (χ2v) is 2.89. The molecule has 1 amide bonds. The zero-order valence-electron chi connectivity index (χ0n) is 7.25. The van der Waals surface area contributed by atoms with E-state index in [2.05, 4.69) is 0 Å². The van der Waals surface area contributed by atoms with E-state index >= 15 is 0 Å². The molecule has 0 saturated carbocycles. The number of carbonyl (C=O) groups is 1. The Morgan fingerprint density at radius 1 is 1.54 bits per heavy atom. The van der Waals surface area contributed by atoms with Gasteiger partial charge in [-0.3, -0.25) is 4.79 Å². The molecule has 0 fully saturated rings. The average molecular weight is 182 g/mol. The van der Waals surface area contributed by atoms with Gasteiger partial charge in [0.25, 0.3) is 0 Å². The largest absolute Gasteiger partial charge is 0.366 e. The van der Waals surface area contributed by atoms with Crippen LogP contribution in [0.1, 0.15) is 28.9 Å². The summed E-state index contributed by atoms with van der Waals surface area (Å²) in [6.07, 6.45) is 0. The first-order valence-electron chi connectivity index (χ1n) is 3.87. The molecule has 4 heteroatoms. The Morgan fingerprint density at radius 3 is 2.62 bits per heavy atom. The fraction of sp³-hybridized carbons (Fsp3) is 0.222. The lowest BCUT2D eigenvalue weighted by molar-refractivity contribution is 0.1000. The minimum atomic E-state index is -0.582. The van der Waals surface area contributed by atoms with Crippen LogP contribution in [0.25, 0.3) is 0 Å². The molecule has 4 N–H and O–H groups in total. The van der Waals surface area contributed by atoms with Crippen LogP contribution in [0.4, 0.5) is 4.39 Å². The molecule has 70 valence electrons. The molecule has 0 aliphatic heterocycles. The van der Waals surface area contributed by atoms with Crippen molar-refractivity contribution in [3.63, 3.8) is 0 Å². The van der Waals surface area contributed by atoms with Gasteiger partial charge in [0, 0.05) is 17.2 Å². The minimum absolute atomic E-state index is 0.272. The Balaban J connectivity index is 3.19. The van der Waals surface area contributed by atoms with E-state index in [4.69, 9.17) is 11.5 Å². The van der Waals surface area contributed by atoms with Gasteiger partial charge in [0.2, 0.25) is 5.91 Å². The molecule has 0 aliphatic carbocycles. The highest BCUT2D eigenvalue weighted by atomic mass is 19.1. The van der Waals surface area contributed by atoms with E-state index in [1.807, 2.05) is 0 Å². The first-order chi connectivity index (χ1) is 6.02. The normalized spacial score (nSPS) is 12.5. The first kappa shape index (κ1) is 9.67. The fourth-order valence-electron chi connectivity index (χ4n) is 1.05. The Morgan fingerprint density at radius 2 is 2.15 bits per heavy atom. The Labute approximate surface area is 75.5 Å². The van der Waals surface area contributed by atoms with E-state index in [0.717, 1.165) is 0 Å². The van der Waals surface area contributed by atoms with Crippen molar-refractivity contribution in [3.05, 3.63) is 35.1 Å². The lowest BCUT2D eigenvalue weighted by Crippen LogP contribution is -2.14. The van der Waals surface area contributed by atoms with Crippen LogP contribution in [-0.2, 0) is 0 Å². The molecule has 0 saturated heterocycles. The molecule has 0 aromatic heterocycles. The van der Waals surface area contributed by atoms with E-state index < -0.39 is 17.8 Å². The lowest BCUT2D eigenvalue weighted by Gasteiger charge is -2.07. The minimum Gasteiger partial charge on any atom is -0.366 e. The van der Waals surface area contributed by atoms with E-state index in [1.54, 1.807) is 6.92 Å². The maximum Gasteiger partial charge on any atom is 0.248 e. The van der Waals surface area contributed by atoms with Gasteiger partial charge < -0.3 is 11.5 Å². The molecule has 0 heterocycles. The highest BCUT2D eigenvalue weighted by Crippen LogP contribution is 2.16. The van der Waals surface area contributed by atoms with Gasteiger partial charge in [-0.25, -0.2) is 4.39 Å². The molecule has 3 nitrogen and oxygen atoms in total. The first-order valence-corrected chi connectivity index (χ1v) is 3.87. The van der Waals surface area contributed by atoms with E-state index in [1.165, 1.54) is 18.2 Å². The summed E-state index contributed by atoms with van der Waals surface area (Å²) in [6, 6.07) is 3.46. The van der Waals surface area contributed by atoms with Gasteiger partial charge in [-0.1, -0.05) is 0 Å². The summed E-state index contributed by atoms with van der Waals surface area (Å²) in [4.78, 5) is 10.7. The Bertz CT molecular complexity index is 336. The molecular formula is C9H11FN2O. The zero-order valence-corrected chi connectivity index (χ0v) is 7.25. The van der Waals surface area contributed by atoms with Crippen LogP contribution in [0.3, 0.4) is 0 Å². The van der Waals surface area contributed by atoms with Crippen molar-refractivity contribution >= 4 is 5.91 Å². The molecule has 1 atom stereocenters. The van der Waals surface area contributed by atoms with Gasteiger partial charge in [-0.2, -0.15) is 0 Å². The number of amides is 1. The van der Waals surface area contributed by atoms with Gasteiger partial charge in [-0.15, -0.1) is 0 Å². The van der Waals surface area contributed by atoms with Crippen LogP contribution < -0.4 is 11.5 Å². The van der Waals surface area contributed by atoms with Gasteiger partial charge in [0.05, 0.1) is 0 Å². The van der Waals surface area contributed by atoms with E-state index in [9.17, 15) is 9.18 Å². The molecule has 0 radical (unpaired) electrons.